The Kier molecular flexibility index (Phi) is 4.34. The Hall–Kier alpha value is -3.47. The van der Waals surface area contributed by atoms with E-state index in [2.05, 4.69) is 10.3 Å². The van der Waals surface area contributed by atoms with Crippen LogP contribution in [0.5, 0.6) is 0 Å². The van der Waals surface area contributed by atoms with Crippen LogP contribution in [0.2, 0.25) is 0 Å². The van der Waals surface area contributed by atoms with Crippen LogP contribution in [0.4, 0.5) is 5.69 Å². The van der Waals surface area contributed by atoms with Gasteiger partial charge in [0, 0.05) is 23.5 Å². The molecular weight excluding hydrogens is 304 g/mol. The highest BCUT2D eigenvalue weighted by atomic mass is 16.4. The molecule has 0 saturated carbocycles. The van der Waals surface area contributed by atoms with Gasteiger partial charge in [0.2, 0.25) is 0 Å². The van der Waals surface area contributed by atoms with E-state index in [1.54, 1.807) is 54.9 Å². The van der Waals surface area contributed by atoms with Gasteiger partial charge >= 0.3 is 5.97 Å². The highest BCUT2D eigenvalue weighted by Gasteiger charge is 2.14. The number of nitrogens with zero attached hydrogens (tertiary/aromatic N) is 1. The summed E-state index contributed by atoms with van der Waals surface area (Å²) in [6.45, 7) is 0. The van der Waals surface area contributed by atoms with Gasteiger partial charge in [-0.25, -0.2) is 4.79 Å². The summed E-state index contributed by atoms with van der Waals surface area (Å²) in [4.78, 5) is 27.8. The number of hydrogen-bond acceptors (Lipinski definition) is 3. The minimum absolute atomic E-state index is 0.0342. The van der Waals surface area contributed by atoms with Gasteiger partial charge in [-0.3, -0.25) is 9.78 Å². The van der Waals surface area contributed by atoms with E-state index in [0.717, 1.165) is 11.1 Å². The molecule has 5 heteroatoms. The summed E-state index contributed by atoms with van der Waals surface area (Å²) in [6.07, 6.45) is 3.34. The maximum Gasteiger partial charge on any atom is 0.337 e. The number of anilines is 1. The molecule has 0 fully saturated rings. The number of hydrogen-bond donors (Lipinski definition) is 2. The second-order valence-electron chi connectivity index (χ2n) is 5.13. The monoisotopic (exact) mass is 318 g/mol. The molecule has 24 heavy (non-hydrogen) atoms. The number of carboxylic acids is 1. The maximum atomic E-state index is 12.3. The predicted octanol–water partition coefficient (Wildman–Crippen LogP) is 3.70. The number of nitrogens with one attached hydrogen (secondary N) is 1. The van der Waals surface area contributed by atoms with Crippen LogP contribution in [-0.2, 0) is 0 Å². The highest BCUT2D eigenvalue weighted by molar-refractivity contribution is 6.08. The number of rotatable bonds is 4. The van der Waals surface area contributed by atoms with Crippen LogP contribution in [0.3, 0.4) is 0 Å². The quantitative estimate of drug-likeness (QED) is 0.769. The lowest BCUT2D eigenvalue weighted by Crippen LogP contribution is -2.14. The molecule has 5 nitrogen and oxygen atoms in total. The fourth-order valence-electron chi connectivity index (χ4n) is 2.33. The normalized spacial score (nSPS) is 10.2. The van der Waals surface area contributed by atoms with Crippen molar-refractivity contribution < 1.29 is 14.7 Å². The zero-order valence-electron chi connectivity index (χ0n) is 12.6. The molecule has 0 unspecified atom stereocenters. The van der Waals surface area contributed by atoms with Gasteiger partial charge in [-0.05, 0) is 35.9 Å². The van der Waals surface area contributed by atoms with E-state index in [0.29, 0.717) is 5.56 Å². The molecule has 0 bridgehead atoms. The Morgan fingerprint density at radius 1 is 0.917 bits per heavy atom. The fourth-order valence-corrected chi connectivity index (χ4v) is 2.33. The lowest BCUT2D eigenvalue weighted by Gasteiger charge is -2.11. The SMILES string of the molecule is O=C(Nc1cc(-c2cccnc2)ccc1C(=O)O)c1ccccc1. The van der Waals surface area contributed by atoms with Crippen molar-refractivity contribution in [1.29, 1.82) is 0 Å². The average molecular weight is 318 g/mol. The number of carboxylic acid groups (broad SMARTS) is 1. The van der Waals surface area contributed by atoms with Gasteiger partial charge in [0.15, 0.2) is 0 Å². The number of carbonyl (C=O) groups excluding carboxylic acids is 1. The van der Waals surface area contributed by atoms with E-state index in [1.165, 1.54) is 6.07 Å². The largest absolute Gasteiger partial charge is 0.478 e. The van der Waals surface area contributed by atoms with Crippen molar-refractivity contribution in [2.24, 2.45) is 0 Å². The third kappa shape index (κ3) is 3.30. The molecule has 0 aliphatic rings. The second kappa shape index (κ2) is 6.75. The Balaban J connectivity index is 1.98. The van der Waals surface area contributed by atoms with Crippen LogP contribution >= 0.6 is 0 Å². The zero-order chi connectivity index (χ0) is 16.9. The fraction of sp³-hybridized carbons (Fsp3) is 0. The molecule has 1 heterocycles. The van der Waals surface area contributed by atoms with Crippen molar-refractivity contribution >= 4 is 17.6 Å². The Labute approximate surface area is 138 Å². The first-order chi connectivity index (χ1) is 11.6. The van der Waals surface area contributed by atoms with E-state index < -0.39 is 5.97 Å². The molecule has 118 valence electrons. The van der Waals surface area contributed by atoms with Crippen LogP contribution in [-0.4, -0.2) is 22.0 Å². The molecule has 0 saturated heterocycles. The van der Waals surface area contributed by atoms with Gasteiger partial charge in [-0.15, -0.1) is 0 Å². The molecule has 1 amide bonds. The van der Waals surface area contributed by atoms with Crippen LogP contribution in [0, 0.1) is 0 Å². The standard InChI is InChI=1S/C19H14N2O3/c22-18(13-5-2-1-3-6-13)21-17-11-14(8-9-16(17)19(23)24)15-7-4-10-20-12-15/h1-12H,(H,21,22)(H,23,24). The summed E-state index contributed by atoms with van der Waals surface area (Å²) in [5.41, 5.74) is 2.35. The van der Waals surface area contributed by atoms with Crippen molar-refractivity contribution in [3.05, 3.63) is 84.2 Å². The molecule has 0 atom stereocenters. The van der Waals surface area contributed by atoms with E-state index in [1.807, 2.05) is 12.1 Å². The number of pyridine rings is 1. The van der Waals surface area contributed by atoms with Gasteiger partial charge in [-0.2, -0.15) is 0 Å². The third-order valence-electron chi connectivity index (χ3n) is 3.53. The topological polar surface area (TPSA) is 79.3 Å². The van der Waals surface area contributed by atoms with Gasteiger partial charge in [0.25, 0.3) is 5.91 Å². The Morgan fingerprint density at radius 2 is 1.71 bits per heavy atom. The van der Waals surface area contributed by atoms with Gasteiger partial charge in [0.05, 0.1) is 11.3 Å². The molecule has 2 N–H and O–H groups in total. The summed E-state index contributed by atoms with van der Waals surface area (Å²) in [5.74, 6) is -1.46. The summed E-state index contributed by atoms with van der Waals surface area (Å²) < 4.78 is 0. The first-order valence-electron chi connectivity index (χ1n) is 7.29. The maximum absolute atomic E-state index is 12.3. The molecule has 0 aliphatic heterocycles. The second-order valence-corrected chi connectivity index (χ2v) is 5.13. The highest BCUT2D eigenvalue weighted by Crippen LogP contribution is 2.26. The lowest BCUT2D eigenvalue weighted by molar-refractivity contribution is 0.0698. The molecule has 3 rings (SSSR count). The number of aromatic carboxylic acids is 1. The van der Waals surface area contributed by atoms with Crippen LogP contribution in [0.15, 0.2) is 73.1 Å². The van der Waals surface area contributed by atoms with E-state index >= 15 is 0 Å². The van der Waals surface area contributed by atoms with E-state index in [9.17, 15) is 14.7 Å². The van der Waals surface area contributed by atoms with Crippen LogP contribution in [0.25, 0.3) is 11.1 Å². The van der Waals surface area contributed by atoms with Crippen molar-refractivity contribution in [3.8, 4) is 11.1 Å². The number of carbonyl (C=O) groups is 2. The summed E-state index contributed by atoms with van der Waals surface area (Å²) >= 11 is 0. The van der Waals surface area contributed by atoms with Crippen molar-refractivity contribution in [1.82, 2.24) is 4.98 Å². The first-order valence-corrected chi connectivity index (χ1v) is 7.29. The smallest absolute Gasteiger partial charge is 0.337 e. The number of aromatic nitrogens is 1. The van der Waals surface area contributed by atoms with Crippen molar-refractivity contribution in [2.75, 3.05) is 5.32 Å². The Morgan fingerprint density at radius 3 is 2.38 bits per heavy atom. The molecule has 0 spiro atoms. The number of amides is 1. The van der Waals surface area contributed by atoms with Crippen LogP contribution in [0.1, 0.15) is 20.7 Å². The van der Waals surface area contributed by atoms with Crippen molar-refractivity contribution in [3.63, 3.8) is 0 Å². The minimum atomic E-state index is -1.10. The van der Waals surface area contributed by atoms with Crippen LogP contribution < -0.4 is 5.32 Å². The van der Waals surface area contributed by atoms with Gasteiger partial charge in [-0.1, -0.05) is 30.3 Å². The molecule has 2 aromatic carbocycles. The lowest BCUT2D eigenvalue weighted by atomic mass is 10.0. The molecule has 0 radical (unpaired) electrons. The molecule has 0 aliphatic carbocycles. The zero-order valence-corrected chi connectivity index (χ0v) is 12.6. The van der Waals surface area contributed by atoms with Crippen molar-refractivity contribution in [2.45, 2.75) is 0 Å². The van der Waals surface area contributed by atoms with E-state index in [-0.39, 0.29) is 17.2 Å². The summed E-state index contributed by atoms with van der Waals surface area (Å²) in [6, 6.07) is 17.1. The predicted molar refractivity (Wildman–Crippen MR) is 91.0 cm³/mol. The van der Waals surface area contributed by atoms with E-state index in [4.69, 9.17) is 0 Å². The summed E-state index contributed by atoms with van der Waals surface area (Å²) in [5, 5.41) is 12.0. The van der Waals surface area contributed by atoms with Gasteiger partial charge in [0.1, 0.15) is 0 Å². The van der Waals surface area contributed by atoms with Gasteiger partial charge < -0.3 is 10.4 Å². The average Bonchev–Trinajstić information content (AvgIpc) is 2.63. The molecular formula is C19H14N2O3. The Bertz CT molecular complexity index is 878. The first kappa shape index (κ1) is 15.4. The minimum Gasteiger partial charge on any atom is -0.478 e. The summed E-state index contributed by atoms with van der Waals surface area (Å²) in [7, 11) is 0. The molecule has 1 aromatic heterocycles. The number of benzene rings is 2. The third-order valence-corrected chi connectivity index (χ3v) is 3.53. The molecule has 3 aromatic rings.